The van der Waals surface area contributed by atoms with E-state index in [9.17, 15) is 10.5 Å². The molecule has 0 bridgehead atoms. The Kier molecular flexibility index (Phi) is 6.63. The third-order valence-electron chi connectivity index (χ3n) is 10.2. The lowest BCUT2D eigenvalue weighted by atomic mass is 9.85. The van der Waals surface area contributed by atoms with Gasteiger partial charge in [-0.2, -0.15) is 10.5 Å². The van der Waals surface area contributed by atoms with Gasteiger partial charge in [-0.15, -0.1) is 0 Å². The van der Waals surface area contributed by atoms with Crippen molar-refractivity contribution in [1.82, 2.24) is 9.13 Å². The predicted molar refractivity (Wildman–Crippen MR) is 196 cm³/mol. The first-order valence-electron chi connectivity index (χ1n) is 16.8. The topological polar surface area (TPSA) is 57.4 Å². The van der Waals surface area contributed by atoms with Gasteiger partial charge in [0.1, 0.15) is 6.07 Å². The Labute approximate surface area is 280 Å². The van der Waals surface area contributed by atoms with Crippen molar-refractivity contribution in [2.75, 3.05) is 0 Å². The molecule has 0 N–H and O–H groups in total. The van der Waals surface area contributed by atoms with Gasteiger partial charge in [-0.3, -0.25) is 0 Å². The molecule has 0 aliphatic heterocycles. The smallest absolute Gasteiger partial charge is 0.101 e. The molecule has 0 saturated heterocycles. The summed E-state index contributed by atoms with van der Waals surface area (Å²) in [7, 11) is 0. The van der Waals surface area contributed by atoms with Crippen LogP contribution in [0.3, 0.4) is 0 Å². The Morgan fingerprint density at radius 3 is 2.19 bits per heavy atom. The monoisotopic (exact) mass is 616 g/mol. The Balaban J connectivity index is 1.25. The van der Waals surface area contributed by atoms with Crippen LogP contribution in [-0.2, 0) is 12.8 Å². The Hall–Kier alpha value is -6.10. The highest BCUT2D eigenvalue weighted by Crippen LogP contribution is 2.43. The van der Waals surface area contributed by atoms with Crippen molar-refractivity contribution in [3.8, 4) is 23.5 Å². The van der Waals surface area contributed by atoms with Crippen molar-refractivity contribution >= 4 is 45.1 Å². The second kappa shape index (κ2) is 11.3. The van der Waals surface area contributed by atoms with Crippen molar-refractivity contribution in [3.63, 3.8) is 0 Å². The van der Waals surface area contributed by atoms with E-state index in [0.717, 1.165) is 83.4 Å². The summed E-state index contributed by atoms with van der Waals surface area (Å²) in [6, 6.07) is 34.5. The number of hydrogen-bond donors (Lipinski definition) is 0. The standard InChI is InChI=1S/C44H32N4/c45-27-29-21-24-43(47-39-17-7-3-13-34(39)35-14-4-8-18-40(35)47)38(25-29)33-12-2-1-11-32(33)30-22-23-31(28-46)44(26-30)48-41-19-9-5-15-36(41)37-16-6-10-20-42(37)48/h3-5,7,9-15,17,19-26H,1-2,6,8,16,18H2. The zero-order valence-electron chi connectivity index (χ0n) is 26.6. The maximum atomic E-state index is 10.4. The number of rotatable bonds is 4. The number of allylic oxidation sites excluding steroid dienone is 6. The summed E-state index contributed by atoms with van der Waals surface area (Å²) in [5, 5.41) is 22.9. The number of aryl methyl sites for hydroxylation is 1. The fourth-order valence-electron chi connectivity index (χ4n) is 8.09. The molecule has 3 aliphatic carbocycles. The third kappa shape index (κ3) is 4.27. The minimum atomic E-state index is 0.641. The van der Waals surface area contributed by atoms with Crippen LogP contribution in [0.1, 0.15) is 70.5 Å². The van der Waals surface area contributed by atoms with Crippen LogP contribution in [0, 0.1) is 22.7 Å². The molecule has 3 aliphatic rings. The molecule has 48 heavy (non-hydrogen) atoms. The lowest BCUT2D eigenvalue weighted by Gasteiger charge is -2.23. The number of nitrogens with zero attached hydrogens (tertiary/aromatic N) is 4. The molecule has 0 unspecified atom stereocenters. The van der Waals surface area contributed by atoms with Crippen molar-refractivity contribution in [1.29, 1.82) is 10.5 Å². The van der Waals surface area contributed by atoms with E-state index in [1.807, 2.05) is 12.1 Å². The number of benzene rings is 4. The van der Waals surface area contributed by atoms with Gasteiger partial charge in [0.15, 0.2) is 0 Å². The average molecular weight is 617 g/mol. The summed E-state index contributed by atoms with van der Waals surface area (Å²) in [6.07, 6.45) is 19.5. The molecule has 228 valence electrons. The predicted octanol–water partition coefficient (Wildman–Crippen LogP) is 10.5. The largest absolute Gasteiger partial charge is 0.312 e. The molecule has 0 fully saturated rings. The van der Waals surface area contributed by atoms with Crippen LogP contribution >= 0.6 is 0 Å². The summed E-state index contributed by atoms with van der Waals surface area (Å²) in [4.78, 5) is 0. The molecule has 4 nitrogen and oxygen atoms in total. The molecule has 0 spiro atoms. The highest BCUT2D eigenvalue weighted by Gasteiger charge is 2.25. The lowest BCUT2D eigenvalue weighted by molar-refractivity contribution is 0.887. The molecule has 9 rings (SSSR count). The van der Waals surface area contributed by atoms with Gasteiger partial charge in [-0.1, -0.05) is 72.8 Å². The van der Waals surface area contributed by atoms with E-state index in [2.05, 4.69) is 131 Å². The van der Waals surface area contributed by atoms with Gasteiger partial charge in [0, 0.05) is 33.3 Å². The molecule has 2 aromatic heterocycles. The first-order chi connectivity index (χ1) is 23.7. The number of fused-ring (bicyclic) bond motifs is 6. The van der Waals surface area contributed by atoms with E-state index < -0.39 is 0 Å². The third-order valence-corrected chi connectivity index (χ3v) is 10.2. The van der Waals surface area contributed by atoms with Crippen LogP contribution in [0.5, 0.6) is 0 Å². The zero-order valence-corrected chi connectivity index (χ0v) is 26.6. The van der Waals surface area contributed by atoms with E-state index in [0.29, 0.717) is 11.1 Å². The van der Waals surface area contributed by atoms with Crippen LogP contribution in [-0.4, -0.2) is 9.13 Å². The highest BCUT2D eigenvalue weighted by atomic mass is 15.0. The fourth-order valence-corrected chi connectivity index (χ4v) is 8.09. The van der Waals surface area contributed by atoms with Gasteiger partial charge in [0.05, 0.1) is 39.6 Å². The summed E-state index contributed by atoms with van der Waals surface area (Å²) in [5.74, 6) is 0. The molecular formula is C44H32N4. The Bertz CT molecular complexity index is 2530. The second-order valence-electron chi connectivity index (χ2n) is 12.8. The fraction of sp³-hybridized carbons (Fsp3) is 0.136. The number of nitriles is 2. The van der Waals surface area contributed by atoms with Crippen molar-refractivity contribution in [2.24, 2.45) is 0 Å². The van der Waals surface area contributed by atoms with E-state index in [4.69, 9.17) is 0 Å². The first kappa shape index (κ1) is 28.1. The maximum Gasteiger partial charge on any atom is 0.101 e. The van der Waals surface area contributed by atoms with E-state index in [-0.39, 0.29) is 0 Å². The Morgan fingerprint density at radius 1 is 0.604 bits per heavy atom. The normalized spacial score (nSPS) is 15.0. The highest BCUT2D eigenvalue weighted by molar-refractivity contribution is 6.08. The van der Waals surface area contributed by atoms with Crippen LogP contribution in [0.4, 0.5) is 0 Å². The van der Waals surface area contributed by atoms with Crippen LogP contribution in [0.2, 0.25) is 0 Å². The molecule has 0 amide bonds. The molecule has 0 radical (unpaired) electrons. The maximum absolute atomic E-state index is 10.4. The summed E-state index contributed by atoms with van der Waals surface area (Å²) in [6.45, 7) is 0. The minimum absolute atomic E-state index is 0.641. The second-order valence-corrected chi connectivity index (χ2v) is 12.8. The quantitative estimate of drug-likeness (QED) is 0.198. The van der Waals surface area contributed by atoms with Gasteiger partial charge in [-0.05, 0) is 109 Å². The van der Waals surface area contributed by atoms with E-state index >= 15 is 0 Å². The van der Waals surface area contributed by atoms with Gasteiger partial charge >= 0.3 is 0 Å². The first-order valence-corrected chi connectivity index (χ1v) is 16.8. The number of aromatic nitrogens is 2. The molecule has 0 atom stereocenters. The summed E-state index contributed by atoms with van der Waals surface area (Å²) in [5.41, 5.74) is 15.1. The number of hydrogen-bond acceptors (Lipinski definition) is 2. The van der Waals surface area contributed by atoms with Gasteiger partial charge in [-0.25, -0.2) is 0 Å². The van der Waals surface area contributed by atoms with Crippen molar-refractivity contribution in [2.45, 2.75) is 38.5 Å². The van der Waals surface area contributed by atoms with Gasteiger partial charge < -0.3 is 9.13 Å². The van der Waals surface area contributed by atoms with E-state index in [1.54, 1.807) is 0 Å². The molecule has 4 heteroatoms. The van der Waals surface area contributed by atoms with Crippen LogP contribution in [0.25, 0.3) is 56.5 Å². The Morgan fingerprint density at radius 2 is 1.35 bits per heavy atom. The molecule has 4 aromatic carbocycles. The summed E-state index contributed by atoms with van der Waals surface area (Å²) < 4.78 is 4.70. The summed E-state index contributed by atoms with van der Waals surface area (Å²) >= 11 is 0. The van der Waals surface area contributed by atoms with Gasteiger partial charge in [0.2, 0.25) is 0 Å². The van der Waals surface area contributed by atoms with Crippen LogP contribution < -0.4 is 0 Å². The average Bonchev–Trinajstić information content (AvgIpc) is 3.67. The molecule has 2 heterocycles. The van der Waals surface area contributed by atoms with Crippen molar-refractivity contribution < 1.29 is 0 Å². The molecular weight excluding hydrogens is 585 g/mol. The zero-order chi connectivity index (χ0) is 32.2. The van der Waals surface area contributed by atoms with Gasteiger partial charge in [0.25, 0.3) is 0 Å². The van der Waals surface area contributed by atoms with Crippen LogP contribution in [0.15, 0.2) is 109 Å². The molecule has 6 aromatic rings. The van der Waals surface area contributed by atoms with E-state index in [1.165, 1.54) is 33.1 Å². The minimum Gasteiger partial charge on any atom is -0.312 e. The van der Waals surface area contributed by atoms with Crippen molar-refractivity contribution in [3.05, 3.63) is 154 Å². The molecule has 0 saturated carbocycles. The SMILES string of the molecule is N#Cc1ccc(-n2c3c(c4ccccc42)C=CCC3)c(C2=CCCC=C2c2ccc(C#N)c(-n3c4c(c5ccccc53)CCC=C4)c2)c1. The number of para-hydroxylation sites is 2. The lowest BCUT2D eigenvalue weighted by Crippen LogP contribution is -2.08.